The van der Waals surface area contributed by atoms with E-state index in [1.54, 1.807) is 24.4 Å². The minimum Gasteiger partial charge on any atom is -0.258 e. The molecule has 1 aromatic carbocycles. The second-order valence-corrected chi connectivity index (χ2v) is 3.90. The predicted octanol–water partition coefficient (Wildman–Crippen LogP) is 3.61. The SMILES string of the molecule is N#CCc1ncc(-c2cccc(F)c2)cc1Cl. The zero-order valence-corrected chi connectivity index (χ0v) is 9.58. The van der Waals surface area contributed by atoms with Gasteiger partial charge in [-0.25, -0.2) is 4.39 Å². The lowest BCUT2D eigenvalue weighted by atomic mass is 10.1. The number of nitrogens with zero attached hydrogens (tertiary/aromatic N) is 2. The first-order valence-corrected chi connectivity index (χ1v) is 5.36. The van der Waals surface area contributed by atoms with Crippen molar-refractivity contribution in [3.05, 3.63) is 53.1 Å². The fourth-order valence-electron chi connectivity index (χ4n) is 1.50. The molecular weight excluding hydrogens is 239 g/mol. The molecule has 2 rings (SSSR count). The third-order valence-electron chi connectivity index (χ3n) is 2.32. The maximum absolute atomic E-state index is 13.1. The minimum atomic E-state index is -0.306. The Morgan fingerprint density at radius 2 is 2.12 bits per heavy atom. The van der Waals surface area contributed by atoms with Crippen LogP contribution in [0.1, 0.15) is 5.69 Å². The van der Waals surface area contributed by atoms with Gasteiger partial charge in [-0.05, 0) is 23.8 Å². The van der Waals surface area contributed by atoms with Gasteiger partial charge in [0.15, 0.2) is 0 Å². The van der Waals surface area contributed by atoms with E-state index in [1.807, 2.05) is 6.07 Å². The van der Waals surface area contributed by atoms with Crippen LogP contribution in [0.5, 0.6) is 0 Å². The summed E-state index contributed by atoms with van der Waals surface area (Å²) >= 11 is 5.99. The molecule has 0 N–H and O–H groups in total. The number of hydrogen-bond acceptors (Lipinski definition) is 2. The Morgan fingerprint density at radius 3 is 2.76 bits per heavy atom. The highest BCUT2D eigenvalue weighted by Gasteiger charge is 2.05. The molecule has 84 valence electrons. The lowest BCUT2D eigenvalue weighted by Gasteiger charge is -2.04. The summed E-state index contributed by atoms with van der Waals surface area (Å²) in [5.41, 5.74) is 1.98. The Bertz CT molecular complexity index is 590. The van der Waals surface area contributed by atoms with Crippen LogP contribution < -0.4 is 0 Å². The van der Waals surface area contributed by atoms with Gasteiger partial charge >= 0.3 is 0 Å². The van der Waals surface area contributed by atoms with Crippen LogP contribution >= 0.6 is 11.6 Å². The molecule has 2 aromatic rings. The zero-order chi connectivity index (χ0) is 12.3. The molecule has 0 spiro atoms. The summed E-state index contributed by atoms with van der Waals surface area (Å²) < 4.78 is 13.1. The van der Waals surface area contributed by atoms with Gasteiger partial charge in [0.1, 0.15) is 5.82 Å². The Kier molecular flexibility index (Phi) is 3.36. The van der Waals surface area contributed by atoms with Gasteiger partial charge in [0.25, 0.3) is 0 Å². The van der Waals surface area contributed by atoms with Gasteiger partial charge in [0.05, 0.1) is 23.2 Å². The second-order valence-electron chi connectivity index (χ2n) is 3.50. The highest BCUT2D eigenvalue weighted by atomic mass is 35.5. The highest BCUT2D eigenvalue weighted by Crippen LogP contribution is 2.24. The standard InChI is InChI=1S/C13H8ClFN2/c14-12-7-10(8-17-13(12)4-5-16)9-2-1-3-11(15)6-9/h1-3,6-8H,4H2. The van der Waals surface area contributed by atoms with E-state index in [0.717, 1.165) is 5.56 Å². The van der Waals surface area contributed by atoms with Crippen LogP contribution in [-0.2, 0) is 6.42 Å². The first-order valence-electron chi connectivity index (χ1n) is 4.98. The number of hydrogen-bond donors (Lipinski definition) is 0. The molecule has 4 heteroatoms. The predicted molar refractivity (Wildman–Crippen MR) is 64.0 cm³/mol. The quantitative estimate of drug-likeness (QED) is 0.812. The molecule has 0 aliphatic rings. The Balaban J connectivity index is 2.42. The molecule has 0 amide bonds. The highest BCUT2D eigenvalue weighted by molar-refractivity contribution is 6.31. The summed E-state index contributed by atoms with van der Waals surface area (Å²) in [6.45, 7) is 0. The van der Waals surface area contributed by atoms with E-state index in [-0.39, 0.29) is 12.2 Å². The first-order chi connectivity index (χ1) is 8.20. The van der Waals surface area contributed by atoms with Gasteiger partial charge in [-0.3, -0.25) is 4.98 Å². The van der Waals surface area contributed by atoms with Crippen LogP contribution in [-0.4, -0.2) is 4.98 Å². The molecule has 0 bridgehead atoms. The van der Waals surface area contributed by atoms with E-state index in [2.05, 4.69) is 4.98 Å². The van der Waals surface area contributed by atoms with Crippen molar-refractivity contribution in [2.75, 3.05) is 0 Å². The monoisotopic (exact) mass is 246 g/mol. The zero-order valence-electron chi connectivity index (χ0n) is 8.82. The smallest absolute Gasteiger partial charge is 0.123 e. The Labute approximate surface area is 103 Å². The molecule has 0 fully saturated rings. The average molecular weight is 247 g/mol. The third kappa shape index (κ3) is 2.61. The molecule has 0 aliphatic heterocycles. The second kappa shape index (κ2) is 4.94. The number of aromatic nitrogens is 1. The normalized spacial score (nSPS) is 9.94. The van der Waals surface area contributed by atoms with Crippen molar-refractivity contribution < 1.29 is 4.39 Å². The van der Waals surface area contributed by atoms with Crippen molar-refractivity contribution in [1.29, 1.82) is 5.26 Å². The largest absolute Gasteiger partial charge is 0.258 e. The fraction of sp³-hybridized carbons (Fsp3) is 0.0769. The van der Waals surface area contributed by atoms with E-state index in [0.29, 0.717) is 16.3 Å². The summed E-state index contributed by atoms with van der Waals surface area (Å²) in [7, 11) is 0. The maximum Gasteiger partial charge on any atom is 0.123 e. The third-order valence-corrected chi connectivity index (χ3v) is 2.65. The number of pyridine rings is 1. The average Bonchev–Trinajstić information content (AvgIpc) is 2.32. The van der Waals surface area contributed by atoms with Crippen molar-refractivity contribution in [2.24, 2.45) is 0 Å². The van der Waals surface area contributed by atoms with Crippen LogP contribution in [0.15, 0.2) is 36.5 Å². The molecule has 1 heterocycles. The molecule has 1 aromatic heterocycles. The van der Waals surface area contributed by atoms with Crippen LogP contribution in [0.3, 0.4) is 0 Å². The number of halogens is 2. The van der Waals surface area contributed by atoms with Crippen molar-refractivity contribution >= 4 is 11.6 Å². The summed E-state index contributed by atoms with van der Waals surface area (Å²) in [5, 5.41) is 8.99. The van der Waals surface area contributed by atoms with E-state index >= 15 is 0 Å². The van der Waals surface area contributed by atoms with E-state index in [9.17, 15) is 4.39 Å². The van der Waals surface area contributed by atoms with Gasteiger partial charge in [-0.2, -0.15) is 5.26 Å². The molecular formula is C13H8ClFN2. The molecule has 0 atom stereocenters. The van der Waals surface area contributed by atoms with E-state index in [1.165, 1.54) is 12.1 Å². The van der Waals surface area contributed by atoms with Crippen LogP contribution in [0.2, 0.25) is 5.02 Å². The van der Waals surface area contributed by atoms with Gasteiger partial charge in [-0.15, -0.1) is 0 Å². The van der Waals surface area contributed by atoms with E-state index in [4.69, 9.17) is 16.9 Å². The van der Waals surface area contributed by atoms with Gasteiger partial charge in [0, 0.05) is 11.8 Å². The maximum atomic E-state index is 13.1. The molecule has 17 heavy (non-hydrogen) atoms. The fourth-order valence-corrected chi connectivity index (χ4v) is 1.73. The van der Waals surface area contributed by atoms with Crippen molar-refractivity contribution in [3.63, 3.8) is 0 Å². The van der Waals surface area contributed by atoms with Crippen molar-refractivity contribution in [1.82, 2.24) is 4.98 Å². The van der Waals surface area contributed by atoms with Gasteiger partial charge in [0.2, 0.25) is 0 Å². The van der Waals surface area contributed by atoms with Crippen molar-refractivity contribution in [3.8, 4) is 17.2 Å². The number of nitriles is 1. The molecule has 0 saturated carbocycles. The summed E-state index contributed by atoms with van der Waals surface area (Å²) in [6, 6.07) is 9.87. The van der Waals surface area contributed by atoms with Gasteiger partial charge < -0.3 is 0 Å². The number of benzene rings is 1. The minimum absolute atomic E-state index is 0.169. The molecule has 0 unspecified atom stereocenters. The summed E-state index contributed by atoms with van der Waals surface area (Å²) in [5.74, 6) is -0.306. The van der Waals surface area contributed by atoms with E-state index < -0.39 is 0 Å². The number of rotatable bonds is 2. The van der Waals surface area contributed by atoms with Gasteiger partial charge in [-0.1, -0.05) is 23.7 Å². The van der Waals surface area contributed by atoms with Crippen molar-refractivity contribution in [2.45, 2.75) is 6.42 Å². The molecule has 0 radical (unpaired) electrons. The molecule has 2 nitrogen and oxygen atoms in total. The lowest BCUT2D eigenvalue weighted by molar-refractivity contribution is 0.628. The summed E-state index contributed by atoms with van der Waals surface area (Å²) in [6.07, 6.45) is 1.76. The van der Waals surface area contributed by atoms with Crippen LogP contribution in [0.25, 0.3) is 11.1 Å². The molecule has 0 aliphatic carbocycles. The Morgan fingerprint density at radius 1 is 1.29 bits per heavy atom. The van der Waals surface area contributed by atoms with Crippen LogP contribution in [0, 0.1) is 17.1 Å². The van der Waals surface area contributed by atoms with Crippen LogP contribution in [0.4, 0.5) is 4.39 Å². The first kappa shape index (κ1) is 11.6. The lowest BCUT2D eigenvalue weighted by Crippen LogP contribution is -1.90. The Hall–Kier alpha value is -1.92. The topological polar surface area (TPSA) is 36.7 Å². The summed E-state index contributed by atoms with van der Waals surface area (Å²) in [4.78, 5) is 4.10. The molecule has 0 saturated heterocycles.